The van der Waals surface area contributed by atoms with E-state index in [1.165, 1.54) is 18.4 Å². The van der Waals surface area contributed by atoms with Crippen molar-refractivity contribution in [2.75, 3.05) is 7.11 Å². The molecule has 0 saturated carbocycles. The summed E-state index contributed by atoms with van der Waals surface area (Å²) in [6.45, 7) is 7.47. The molecule has 3 aromatic rings. The third kappa shape index (κ3) is 10.0. The fourth-order valence-corrected chi connectivity index (χ4v) is 5.40. The number of aryl methyl sites for hydroxylation is 1. The molecule has 0 spiro atoms. The molecule has 41 heavy (non-hydrogen) atoms. The maximum absolute atomic E-state index is 13.5. The highest BCUT2D eigenvalue weighted by atomic mass is 32.1. The summed E-state index contributed by atoms with van der Waals surface area (Å²) in [7, 11) is 1.24. The molecule has 0 saturated heterocycles. The highest BCUT2D eigenvalue weighted by molar-refractivity contribution is 7.13. The summed E-state index contributed by atoms with van der Waals surface area (Å²) in [6, 6.07) is 21.1. The number of aliphatic hydroxyl groups excluding tert-OH is 1. The number of ether oxygens (including phenoxy) is 1. The maximum atomic E-state index is 13.5. The standard InChI is InChI=1S/C32H41N3O5S/c1-21-16-17-27(41-21)29(37)33-24(18-22-12-8-6-9-13-22)20-26(36)25(19-23-14-10-7-11-15-23)34-30(38)28(32(2,3)4)35-31(39)40-5/h6-17,24-26,28,36H,18-20H2,1-5H3,(H,33,37)(H,34,38)(H,35,39)/t24-,25-,26-,28+/m0/s1. The van der Waals surface area contributed by atoms with Crippen molar-refractivity contribution in [3.63, 3.8) is 0 Å². The molecule has 2 aromatic carbocycles. The normalized spacial score (nSPS) is 14.3. The van der Waals surface area contributed by atoms with E-state index in [2.05, 4.69) is 16.0 Å². The van der Waals surface area contributed by atoms with Crippen LogP contribution in [0.5, 0.6) is 0 Å². The minimum Gasteiger partial charge on any atom is -0.453 e. The Bertz CT molecular complexity index is 1270. The molecule has 0 fully saturated rings. The first-order chi connectivity index (χ1) is 19.5. The molecule has 0 aliphatic heterocycles. The zero-order valence-electron chi connectivity index (χ0n) is 24.3. The predicted molar refractivity (Wildman–Crippen MR) is 162 cm³/mol. The summed E-state index contributed by atoms with van der Waals surface area (Å²) in [6.07, 6.45) is -0.646. The number of methoxy groups -OCH3 is 1. The monoisotopic (exact) mass is 579 g/mol. The predicted octanol–water partition coefficient (Wildman–Crippen LogP) is 4.65. The second-order valence-corrected chi connectivity index (χ2v) is 12.6. The van der Waals surface area contributed by atoms with Gasteiger partial charge in [0, 0.05) is 10.9 Å². The Kier molecular flexibility index (Phi) is 11.5. The van der Waals surface area contributed by atoms with E-state index in [1.54, 1.807) is 6.07 Å². The van der Waals surface area contributed by atoms with Crippen LogP contribution >= 0.6 is 11.3 Å². The molecule has 0 aliphatic carbocycles. The van der Waals surface area contributed by atoms with E-state index in [0.29, 0.717) is 17.7 Å². The number of hydrogen-bond acceptors (Lipinski definition) is 6. The molecule has 220 valence electrons. The van der Waals surface area contributed by atoms with E-state index in [9.17, 15) is 19.5 Å². The van der Waals surface area contributed by atoms with Crippen LogP contribution in [0.1, 0.15) is 52.9 Å². The number of hydrogen-bond donors (Lipinski definition) is 4. The average Bonchev–Trinajstić information content (AvgIpc) is 3.38. The summed E-state index contributed by atoms with van der Waals surface area (Å²) < 4.78 is 4.74. The first kappa shape index (κ1) is 31.8. The molecule has 0 unspecified atom stereocenters. The number of nitrogens with one attached hydrogen (secondary N) is 3. The van der Waals surface area contributed by atoms with E-state index < -0.39 is 41.6 Å². The topological polar surface area (TPSA) is 117 Å². The molecular formula is C32H41N3O5S. The number of rotatable bonds is 12. The molecule has 3 amide bonds. The van der Waals surface area contributed by atoms with E-state index >= 15 is 0 Å². The van der Waals surface area contributed by atoms with Gasteiger partial charge in [-0.05, 0) is 54.9 Å². The van der Waals surface area contributed by atoms with E-state index in [4.69, 9.17) is 4.74 Å². The van der Waals surface area contributed by atoms with Gasteiger partial charge >= 0.3 is 6.09 Å². The van der Waals surface area contributed by atoms with Crippen molar-refractivity contribution in [2.45, 2.75) is 71.2 Å². The molecule has 4 N–H and O–H groups in total. The van der Waals surface area contributed by atoms with Crippen LogP contribution < -0.4 is 16.0 Å². The minimum absolute atomic E-state index is 0.199. The summed E-state index contributed by atoms with van der Waals surface area (Å²) in [5, 5.41) is 20.3. The number of aliphatic hydroxyl groups is 1. The Hall–Kier alpha value is -3.69. The number of carbonyl (C=O) groups is 3. The van der Waals surface area contributed by atoms with Crippen LogP contribution in [0, 0.1) is 12.3 Å². The second kappa shape index (κ2) is 14.8. The van der Waals surface area contributed by atoms with Gasteiger partial charge < -0.3 is 25.8 Å². The highest BCUT2D eigenvalue weighted by Crippen LogP contribution is 2.22. The SMILES string of the molecule is COC(=O)N[C@H](C(=O)N[C@@H](Cc1ccccc1)[C@@H](O)C[C@H](Cc1ccccc1)NC(=O)c1ccc(C)s1)C(C)(C)C. The second-order valence-electron chi connectivity index (χ2n) is 11.3. The molecule has 4 atom stereocenters. The Morgan fingerprint density at radius 2 is 1.44 bits per heavy atom. The molecule has 0 aliphatic rings. The average molecular weight is 580 g/mol. The van der Waals surface area contributed by atoms with Gasteiger partial charge in [-0.15, -0.1) is 11.3 Å². The Labute approximate surface area is 246 Å². The lowest BCUT2D eigenvalue weighted by atomic mass is 9.85. The maximum Gasteiger partial charge on any atom is 0.407 e. The van der Waals surface area contributed by atoms with Gasteiger partial charge in [-0.2, -0.15) is 0 Å². The van der Waals surface area contributed by atoms with Crippen LogP contribution in [-0.4, -0.2) is 54.4 Å². The third-order valence-corrected chi connectivity index (χ3v) is 7.82. The van der Waals surface area contributed by atoms with Gasteiger partial charge in [0.1, 0.15) is 6.04 Å². The van der Waals surface area contributed by atoms with Crippen LogP contribution in [-0.2, 0) is 22.4 Å². The van der Waals surface area contributed by atoms with Crippen molar-refractivity contribution in [3.05, 3.63) is 93.7 Å². The molecule has 1 aromatic heterocycles. The number of thiophene rings is 1. The zero-order valence-corrected chi connectivity index (χ0v) is 25.2. The molecule has 0 radical (unpaired) electrons. The van der Waals surface area contributed by atoms with Crippen LogP contribution in [0.3, 0.4) is 0 Å². The van der Waals surface area contributed by atoms with Gasteiger partial charge in [0.2, 0.25) is 5.91 Å². The number of amides is 3. The Balaban J connectivity index is 1.85. The quantitative estimate of drug-likeness (QED) is 0.249. The molecular weight excluding hydrogens is 538 g/mol. The fourth-order valence-electron chi connectivity index (χ4n) is 4.63. The first-order valence-electron chi connectivity index (χ1n) is 13.7. The van der Waals surface area contributed by atoms with Crippen molar-refractivity contribution < 1.29 is 24.2 Å². The van der Waals surface area contributed by atoms with Crippen LogP contribution in [0.2, 0.25) is 0 Å². The summed E-state index contributed by atoms with van der Waals surface area (Å²) in [5.74, 6) is -0.629. The van der Waals surface area contributed by atoms with Gasteiger partial charge in [-0.1, -0.05) is 81.4 Å². The number of carbonyl (C=O) groups excluding carboxylic acids is 3. The van der Waals surface area contributed by atoms with Crippen molar-refractivity contribution in [1.29, 1.82) is 0 Å². The van der Waals surface area contributed by atoms with Gasteiger partial charge in [-0.25, -0.2) is 4.79 Å². The lowest BCUT2D eigenvalue weighted by Crippen LogP contribution is -2.58. The highest BCUT2D eigenvalue weighted by Gasteiger charge is 2.36. The lowest BCUT2D eigenvalue weighted by Gasteiger charge is -2.33. The van der Waals surface area contributed by atoms with Gasteiger partial charge in [0.15, 0.2) is 0 Å². The number of alkyl carbamates (subject to hydrolysis) is 1. The summed E-state index contributed by atoms with van der Waals surface area (Å²) in [5.41, 5.74) is 1.33. The summed E-state index contributed by atoms with van der Waals surface area (Å²) >= 11 is 1.42. The van der Waals surface area contributed by atoms with Gasteiger partial charge in [0.25, 0.3) is 5.91 Å². The molecule has 9 heteroatoms. The zero-order chi connectivity index (χ0) is 30.0. The minimum atomic E-state index is -1.00. The van der Waals surface area contributed by atoms with Crippen molar-refractivity contribution in [1.82, 2.24) is 16.0 Å². The van der Waals surface area contributed by atoms with Crippen molar-refractivity contribution in [2.24, 2.45) is 5.41 Å². The molecule has 8 nitrogen and oxygen atoms in total. The van der Waals surface area contributed by atoms with Gasteiger partial charge in [-0.3, -0.25) is 9.59 Å². The third-order valence-electron chi connectivity index (χ3n) is 6.82. The van der Waals surface area contributed by atoms with Crippen molar-refractivity contribution >= 4 is 29.2 Å². The number of benzene rings is 2. The van der Waals surface area contributed by atoms with E-state index in [0.717, 1.165) is 16.0 Å². The van der Waals surface area contributed by atoms with Crippen LogP contribution in [0.4, 0.5) is 4.79 Å². The van der Waals surface area contributed by atoms with Crippen LogP contribution in [0.15, 0.2) is 72.8 Å². The molecule has 1 heterocycles. The van der Waals surface area contributed by atoms with E-state index in [-0.39, 0.29) is 12.3 Å². The molecule has 0 bridgehead atoms. The smallest absolute Gasteiger partial charge is 0.407 e. The Morgan fingerprint density at radius 1 is 0.854 bits per heavy atom. The lowest BCUT2D eigenvalue weighted by molar-refractivity contribution is -0.127. The Morgan fingerprint density at radius 3 is 1.95 bits per heavy atom. The largest absolute Gasteiger partial charge is 0.453 e. The van der Waals surface area contributed by atoms with Gasteiger partial charge in [0.05, 0.1) is 24.1 Å². The van der Waals surface area contributed by atoms with E-state index in [1.807, 2.05) is 94.4 Å². The van der Waals surface area contributed by atoms with Crippen LogP contribution in [0.25, 0.3) is 0 Å². The fraction of sp³-hybridized carbons (Fsp3) is 0.406. The molecule has 3 rings (SSSR count). The van der Waals surface area contributed by atoms with Crippen molar-refractivity contribution in [3.8, 4) is 0 Å². The first-order valence-corrected chi connectivity index (χ1v) is 14.6. The summed E-state index contributed by atoms with van der Waals surface area (Å²) in [4.78, 5) is 40.3.